The number of carbonyl (C=O) groups is 1. The lowest BCUT2D eigenvalue weighted by Crippen LogP contribution is -2.20. The fraction of sp³-hybridized carbons (Fsp3) is 0.733. The van der Waals surface area contributed by atoms with Crippen LogP contribution < -0.4 is 0 Å². The Morgan fingerprint density at radius 1 is 1.28 bits per heavy atom. The van der Waals surface area contributed by atoms with E-state index in [-0.39, 0.29) is 12.1 Å². The van der Waals surface area contributed by atoms with Crippen molar-refractivity contribution in [3.63, 3.8) is 0 Å². The van der Waals surface area contributed by atoms with Crippen LogP contribution in [-0.2, 0) is 9.53 Å². The van der Waals surface area contributed by atoms with Crippen molar-refractivity contribution in [2.45, 2.75) is 65.4 Å². The maximum absolute atomic E-state index is 10.8. The number of esters is 1. The molecule has 2 unspecified atom stereocenters. The second-order valence-electron chi connectivity index (χ2n) is 4.76. The quantitative estimate of drug-likeness (QED) is 0.353. The third kappa shape index (κ3) is 9.89. The van der Waals surface area contributed by atoms with E-state index in [1.165, 1.54) is 6.92 Å². The molecule has 0 bridgehead atoms. The third-order valence-corrected chi connectivity index (χ3v) is 2.99. The van der Waals surface area contributed by atoms with Crippen molar-refractivity contribution < 1.29 is 9.53 Å². The van der Waals surface area contributed by atoms with Gasteiger partial charge in [0.2, 0.25) is 0 Å². The van der Waals surface area contributed by atoms with Crippen LogP contribution in [0, 0.1) is 17.2 Å². The van der Waals surface area contributed by atoms with Gasteiger partial charge in [-0.25, -0.2) is 0 Å². The molecule has 3 heteroatoms. The molecular weight excluding hydrogens is 226 g/mol. The van der Waals surface area contributed by atoms with E-state index in [1.54, 1.807) is 0 Å². The minimum atomic E-state index is -0.212. The standard InChI is InChI=1S/C15H25NO2/c1-13(14(2)18-15(3)17)11-9-7-5-4-6-8-10-12-16/h7,9,13-14H,4-6,8,10-11H2,1-3H3. The Hall–Kier alpha value is -1.30. The van der Waals surface area contributed by atoms with Crippen LogP contribution in [0.15, 0.2) is 12.2 Å². The first-order chi connectivity index (χ1) is 8.57. The average molecular weight is 251 g/mol. The van der Waals surface area contributed by atoms with Gasteiger partial charge in [0.1, 0.15) is 6.10 Å². The Balaban J connectivity index is 3.56. The van der Waals surface area contributed by atoms with E-state index < -0.39 is 0 Å². The molecule has 0 aliphatic carbocycles. The van der Waals surface area contributed by atoms with Gasteiger partial charge in [-0.1, -0.05) is 25.5 Å². The minimum absolute atomic E-state index is 0.0252. The lowest BCUT2D eigenvalue weighted by Gasteiger charge is -2.17. The molecule has 0 aliphatic heterocycles. The summed E-state index contributed by atoms with van der Waals surface area (Å²) in [5, 5.41) is 8.38. The molecule has 0 fully saturated rings. The lowest BCUT2D eigenvalue weighted by molar-refractivity contribution is -0.147. The third-order valence-electron chi connectivity index (χ3n) is 2.99. The zero-order valence-electron chi connectivity index (χ0n) is 11.8. The molecule has 0 N–H and O–H groups in total. The van der Waals surface area contributed by atoms with Crippen LogP contribution in [0.2, 0.25) is 0 Å². The zero-order valence-corrected chi connectivity index (χ0v) is 11.8. The summed E-state index contributed by atoms with van der Waals surface area (Å²) in [6.45, 7) is 5.47. The maximum Gasteiger partial charge on any atom is 0.302 e. The van der Waals surface area contributed by atoms with Crippen molar-refractivity contribution in [3.8, 4) is 6.07 Å². The van der Waals surface area contributed by atoms with E-state index in [9.17, 15) is 4.79 Å². The molecule has 0 aromatic heterocycles. The summed E-state index contributed by atoms with van der Waals surface area (Å²) in [5.74, 6) is 0.138. The molecule has 0 amide bonds. The van der Waals surface area contributed by atoms with Gasteiger partial charge in [0.15, 0.2) is 0 Å². The fourth-order valence-electron chi connectivity index (χ4n) is 1.64. The van der Waals surface area contributed by atoms with Crippen molar-refractivity contribution in [2.24, 2.45) is 5.92 Å². The first-order valence-electron chi connectivity index (χ1n) is 6.77. The van der Waals surface area contributed by atoms with Crippen LogP contribution in [0.1, 0.15) is 59.3 Å². The molecule has 0 saturated heterocycles. The van der Waals surface area contributed by atoms with Gasteiger partial charge in [-0.2, -0.15) is 5.26 Å². The van der Waals surface area contributed by atoms with Gasteiger partial charge in [0, 0.05) is 13.3 Å². The summed E-state index contributed by atoms with van der Waals surface area (Å²) in [7, 11) is 0. The molecule has 0 saturated carbocycles. The van der Waals surface area contributed by atoms with Gasteiger partial charge in [-0.15, -0.1) is 0 Å². The molecule has 3 nitrogen and oxygen atoms in total. The first kappa shape index (κ1) is 16.7. The van der Waals surface area contributed by atoms with Crippen molar-refractivity contribution in [2.75, 3.05) is 0 Å². The number of hydrogen-bond donors (Lipinski definition) is 0. The molecule has 0 rings (SSSR count). The highest BCUT2D eigenvalue weighted by Crippen LogP contribution is 2.13. The molecule has 0 aromatic rings. The summed E-state index contributed by atoms with van der Waals surface area (Å²) >= 11 is 0. The van der Waals surface area contributed by atoms with Gasteiger partial charge in [-0.3, -0.25) is 4.79 Å². The minimum Gasteiger partial charge on any atom is -0.463 e. The largest absolute Gasteiger partial charge is 0.463 e. The van der Waals surface area contributed by atoms with E-state index in [2.05, 4.69) is 25.1 Å². The van der Waals surface area contributed by atoms with Crippen LogP contribution in [0.25, 0.3) is 0 Å². The SMILES string of the molecule is CC(=O)OC(C)C(C)CC=CCCCCCC#N. The van der Waals surface area contributed by atoms with E-state index in [0.717, 1.165) is 32.1 Å². The molecule has 0 spiro atoms. The molecular formula is C15H25NO2. The second-order valence-corrected chi connectivity index (χ2v) is 4.76. The summed E-state index contributed by atoms with van der Waals surface area (Å²) in [6.07, 6.45) is 10.3. The summed E-state index contributed by atoms with van der Waals surface area (Å²) in [5.41, 5.74) is 0. The van der Waals surface area contributed by atoms with E-state index >= 15 is 0 Å². The number of ether oxygens (including phenoxy) is 1. The molecule has 2 atom stereocenters. The van der Waals surface area contributed by atoms with Crippen molar-refractivity contribution >= 4 is 5.97 Å². The number of nitriles is 1. The number of nitrogens with zero attached hydrogens (tertiary/aromatic N) is 1. The number of carbonyl (C=O) groups excluding carboxylic acids is 1. The van der Waals surface area contributed by atoms with Crippen molar-refractivity contribution in [1.29, 1.82) is 5.26 Å². The topological polar surface area (TPSA) is 50.1 Å². The Morgan fingerprint density at radius 2 is 2.00 bits per heavy atom. The van der Waals surface area contributed by atoms with Gasteiger partial charge in [0.25, 0.3) is 0 Å². The number of hydrogen-bond acceptors (Lipinski definition) is 3. The van der Waals surface area contributed by atoms with Crippen LogP contribution >= 0.6 is 0 Å². The molecule has 0 heterocycles. The highest BCUT2D eigenvalue weighted by Gasteiger charge is 2.12. The number of unbranched alkanes of at least 4 members (excludes halogenated alkanes) is 4. The second kappa shape index (κ2) is 10.8. The summed E-state index contributed by atoms with van der Waals surface area (Å²) in [4.78, 5) is 10.8. The normalized spacial score (nSPS) is 14.1. The van der Waals surface area contributed by atoms with Gasteiger partial charge < -0.3 is 4.74 Å². The fourth-order valence-corrected chi connectivity index (χ4v) is 1.64. The number of rotatable bonds is 9. The smallest absolute Gasteiger partial charge is 0.302 e. The van der Waals surface area contributed by atoms with Crippen LogP contribution in [-0.4, -0.2) is 12.1 Å². The Bertz CT molecular complexity index is 291. The van der Waals surface area contributed by atoms with E-state index in [1.807, 2.05) is 6.92 Å². The molecule has 0 radical (unpaired) electrons. The highest BCUT2D eigenvalue weighted by molar-refractivity contribution is 5.66. The summed E-state index contributed by atoms with van der Waals surface area (Å²) < 4.78 is 5.13. The molecule has 18 heavy (non-hydrogen) atoms. The average Bonchev–Trinajstić information content (AvgIpc) is 2.31. The molecule has 0 aromatic carbocycles. The van der Waals surface area contributed by atoms with Crippen LogP contribution in [0.3, 0.4) is 0 Å². The van der Waals surface area contributed by atoms with Crippen molar-refractivity contribution in [3.05, 3.63) is 12.2 Å². The summed E-state index contributed by atoms with van der Waals surface area (Å²) in [6, 6.07) is 2.15. The van der Waals surface area contributed by atoms with Crippen LogP contribution in [0.5, 0.6) is 0 Å². The van der Waals surface area contributed by atoms with E-state index in [0.29, 0.717) is 12.3 Å². The monoisotopic (exact) mass is 251 g/mol. The molecule has 102 valence electrons. The Labute approximate surface area is 111 Å². The van der Waals surface area contributed by atoms with E-state index in [4.69, 9.17) is 10.00 Å². The maximum atomic E-state index is 10.8. The predicted octanol–water partition coefficient (Wildman–Crippen LogP) is 3.99. The zero-order chi connectivity index (χ0) is 13.8. The first-order valence-corrected chi connectivity index (χ1v) is 6.77. The predicted molar refractivity (Wildman–Crippen MR) is 72.8 cm³/mol. The Morgan fingerprint density at radius 3 is 2.61 bits per heavy atom. The van der Waals surface area contributed by atoms with Crippen LogP contribution in [0.4, 0.5) is 0 Å². The van der Waals surface area contributed by atoms with Gasteiger partial charge in [0.05, 0.1) is 6.07 Å². The lowest BCUT2D eigenvalue weighted by atomic mass is 10.0. The molecule has 0 aliphatic rings. The van der Waals surface area contributed by atoms with Gasteiger partial charge in [-0.05, 0) is 38.5 Å². The Kier molecular flexibility index (Phi) is 10.0. The van der Waals surface area contributed by atoms with Crippen molar-refractivity contribution in [1.82, 2.24) is 0 Å². The number of allylic oxidation sites excluding steroid dienone is 2. The highest BCUT2D eigenvalue weighted by atomic mass is 16.5. The van der Waals surface area contributed by atoms with Gasteiger partial charge >= 0.3 is 5.97 Å².